The van der Waals surface area contributed by atoms with E-state index in [2.05, 4.69) is 120 Å². The molecule has 1 aliphatic heterocycles. The van der Waals surface area contributed by atoms with Crippen molar-refractivity contribution in [2.24, 2.45) is 0 Å². The van der Waals surface area contributed by atoms with Gasteiger partial charge in [0.05, 0.1) is 17.1 Å². The van der Waals surface area contributed by atoms with Crippen LogP contribution in [0.4, 0.5) is 17.1 Å². The van der Waals surface area contributed by atoms with Gasteiger partial charge in [-0.2, -0.15) is 0 Å². The van der Waals surface area contributed by atoms with E-state index in [0.717, 1.165) is 72.3 Å². The lowest BCUT2D eigenvalue weighted by molar-refractivity contribution is 0.671. The van der Waals surface area contributed by atoms with Crippen molar-refractivity contribution in [3.8, 4) is 11.4 Å². The predicted molar refractivity (Wildman–Crippen MR) is 203 cm³/mol. The number of rotatable bonds is 6. The first-order chi connectivity index (χ1) is 23.7. The third-order valence-corrected chi connectivity index (χ3v) is 8.55. The summed E-state index contributed by atoms with van der Waals surface area (Å²) in [5, 5.41) is 6.85. The van der Waals surface area contributed by atoms with Crippen molar-refractivity contribution in [3.63, 3.8) is 0 Å². The maximum absolute atomic E-state index is 6.46. The zero-order chi connectivity index (χ0) is 33.0. The highest BCUT2D eigenvalue weighted by Gasteiger charge is 2.31. The van der Waals surface area contributed by atoms with Gasteiger partial charge in [0.2, 0.25) is 0 Å². The highest BCUT2D eigenvalue weighted by molar-refractivity contribution is 6.15. The van der Waals surface area contributed by atoms with Crippen LogP contribution in [-0.4, -0.2) is 9.97 Å². The molecule has 0 saturated heterocycles. The molecule has 236 valence electrons. The van der Waals surface area contributed by atoms with Crippen molar-refractivity contribution in [2.75, 3.05) is 10.2 Å². The maximum Gasteiger partial charge on any atom is 0.161 e. The van der Waals surface area contributed by atoms with Crippen LogP contribution in [0.1, 0.15) is 45.1 Å². The highest BCUT2D eigenvalue weighted by atomic mass is 16.3. The van der Waals surface area contributed by atoms with Crippen LogP contribution < -0.4 is 10.2 Å². The lowest BCUT2D eigenvalue weighted by atomic mass is 10.0. The number of fused-ring (bicyclic) bond motifs is 6. The van der Waals surface area contributed by atoms with Crippen LogP contribution in [0.15, 0.2) is 150 Å². The Kier molecular flexibility index (Phi) is 8.59. The zero-order valence-electron chi connectivity index (χ0n) is 27.7. The molecule has 7 aromatic rings. The normalized spacial score (nSPS) is 14.5. The summed E-state index contributed by atoms with van der Waals surface area (Å²) in [6, 6.07) is 39.9. The minimum atomic E-state index is -0.0971. The molecule has 0 spiro atoms. The van der Waals surface area contributed by atoms with Gasteiger partial charge in [-0.25, -0.2) is 9.97 Å². The van der Waals surface area contributed by atoms with E-state index in [-0.39, 0.29) is 6.17 Å². The van der Waals surface area contributed by atoms with Gasteiger partial charge in [0.15, 0.2) is 11.4 Å². The van der Waals surface area contributed by atoms with Gasteiger partial charge in [-0.15, -0.1) is 0 Å². The second-order valence-corrected chi connectivity index (χ2v) is 11.5. The zero-order valence-corrected chi connectivity index (χ0v) is 27.7. The Bertz CT molecular complexity index is 2330. The first-order valence-corrected chi connectivity index (χ1v) is 16.6. The van der Waals surface area contributed by atoms with Crippen LogP contribution in [0.5, 0.6) is 0 Å². The molecular weight excluding hydrogens is 589 g/mol. The molecule has 5 nitrogen and oxygen atoms in total. The molecule has 1 atom stereocenters. The summed E-state index contributed by atoms with van der Waals surface area (Å²) < 4.78 is 6.46. The fourth-order valence-electron chi connectivity index (χ4n) is 6.37. The summed E-state index contributed by atoms with van der Waals surface area (Å²) in [7, 11) is 0. The summed E-state index contributed by atoms with van der Waals surface area (Å²) in [6.45, 7) is 8.11. The van der Waals surface area contributed by atoms with E-state index in [4.69, 9.17) is 14.4 Å². The van der Waals surface area contributed by atoms with Gasteiger partial charge in [0.1, 0.15) is 17.3 Å². The van der Waals surface area contributed by atoms with Crippen molar-refractivity contribution >= 4 is 55.5 Å². The van der Waals surface area contributed by atoms with Gasteiger partial charge in [-0.1, -0.05) is 111 Å². The summed E-state index contributed by atoms with van der Waals surface area (Å²) in [5.74, 6) is 0.657. The van der Waals surface area contributed by atoms with Crippen molar-refractivity contribution < 1.29 is 4.42 Å². The highest BCUT2D eigenvalue weighted by Crippen LogP contribution is 2.46. The van der Waals surface area contributed by atoms with Gasteiger partial charge >= 0.3 is 0 Å². The monoisotopic (exact) mass is 626 g/mol. The third kappa shape index (κ3) is 5.54. The standard InChI is InChI=1S/C41H32N4O.C2H6/c1-3-4-5-7-15-27(2)37-33-25-24-32-31-20-10-13-23-36(31)46-39(32)38(33)44-40(43-37)28-16-14-17-29(26-28)41-42-34-21-11-12-22-35(34)45(41)30-18-8-6-9-19-30;1-2/h3-26,41-42H,1-2H3;1-2H3/b4-3-,7-5-,27-15+;. The number of hydrogen-bond donors (Lipinski definition) is 1. The molecule has 48 heavy (non-hydrogen) atoms. The van der Waals surface area contributed by atoms with E-state index in [1.54, 1.807) is 0 Å². The molecule has 1 N–H and O–H groups in total. The Morgan fingerprint density at radius 3 is 2.38 bits per heavy atom. The van der Waals surface area contributed by atoms with Crippen molar-refractivity contribution in [1.29, 1.82) is 0 Å². The molecule has 5 aromatic carbocycles. The largest absolute Gasteiger partial charge is 0.454 e. The molecule has 1 unspecified atom stereocenters. The van der Waals surface area contributed by atoms with Gasteiger partial charge in [-0.05, 0) is 73.5 Å². The molecule has 0 amide bonds. The number of furan rings is 1. The number of anilines is 3. The van der Waals surface area contributed by atoms with Crippen LogP contribution in [0, 0.1) is 0 Å². The fraction of sp³-hybridized carbons (Fsp3) is 0.116. The molecule has 0 radical (unpaired) electrons. The fourth-order valence-corrected chi connectivity index (χ4v) is 6.37. The van der Waals surface area contributed by atoms with E-state index >= 15 is 0 Å². The van der Waals surface area contributed by atoms with Crippen LogP contribution in [-0.2, 0) is 0 Å². The first-order valence-electron chi connectivity index (χ1n) is 16.6. The Hall–Kier alpha value is -5.94. The summed E-state index contributed by atoms with van der Waals surface area (Å²) >= 11 is 0. The lowest BCUT2D eigenvalue weighted by Gasteiger charge is -2.27. The van der Waals surface area contributed by atoms with Crippen LogP contribution in [0.3, 0.4) is 0 Å². The number of aromatic nitrogens is 2. The number of hydrogen-bond acceptors (Lipinski definition) is 5. The van der Waals surface area contributed by atoms with E-state index in [0.29, 0.717) is 5.82 Å². The topological polar surface area (TPSA) is 54.2 Å². The predicted octanol–water partition coefficient (Wildman–Crippen LogP) is 12.0. The smallest absolute Gasteiger partial charge is 0.161 e. The summed E-state index contributed by atoms with van der Waals surface area (Å²) in [6.07, 6.45) is 10.1. The number of nitrogens with one attached hydrogen (secondary N) is 1. The molecular formula is C43H38N4O. The van der Waals surface area contributed by atoms with Crippen LogP contribution in [0.25, 0.3) is 49.8 Å². The Morgan fingerprint density at radius 1 is 0.750 bits per heavy atom. The average molecular weight is 627 g/mol. The number of nitrogens with zero attached hydrogens (tertiary/aromatic N) is 3. The van der Waals surface area contributed by atoms with Crippen LogP contribution >= 0.6 is 0 Å². The minimum absolute atomic E-state index is 0.0971. The molecule has 0 bridgehead atoms. The van der Waals surface area contributed by atoms with E-state index in [1.807, 2.05) is 63.3 Å². The molecule has 8 rings (SSSR count). The Balaban J connectivity index is 0.00000179. The minimum Gasteiger partial charge on any atom is -0.454 e. The van der Waals surface area contributed by atoms with Gasteiger partial charge in [-0.3, -0.25) is 0 Å². The number of para-hydroxylation sites is 4. The molecule has 0 aliphatic carbocycles. The Labute approximate surface area is 281 Å². The second kappa shape index (κ2) is 13.4. The molecule has 0 saturated carbocycles. The van der Waals surface area contributed by atoms with E-state index in [9.17, 15) is 0 Å². The Morgan fingerprint density at radius 2 is 1.52 bits per heavy atom. The van der Waals surface area contributed by atoms with Crippen LogP contribution in [0.2, 0.25) is 0 Å². The van der Waals surface area contributed by atoms with Gasteiger partial charge < -0.3 is 14.6 Å². The number of benzene rings is 5. The van der Waals surface area contributed by atoms with E-state index < -0.39 is 0 Å². The van der Waals surface area contributed by atoms with Gasteiger partial charge in [0.25, 0.3) is 0 Å². The van der Waals surface area contributed by atoms with Gasteiger partial charge in [0, 0.05) is 27.4 Å². The lowest BCUT2D eigenvalue weighted by Crippen LogP contribution is -2.23. The third-order valence-electron chi connectivity index (χ3n) is 8.55. The average Bonchev–Trinajstić information content (AvgIpc) is 3.73. The number of allylic oxidation sites excluding steroid dienone is 6. The maximum atomic E-state index is 6.46. The van der Waals surface area contributed by atoms with Crippen molar-refractivity contribution in [2.45, 2.75) is 33.9 Å². The molecule has 1 aliphatic rings. The molecule has 0 fully saturated rings. The van der Waals surface area contributed by atoms with Crippen molar-refractivity contribution in [1.82, 2.24) is 9.97 Å². The summed E-state index contributed by atoms with van der Waals surface area (Å²) in [5.41, 5.74) is 9.79. The van der Waals surface area contributed by atoms with Crippen molar-refractivity contribution in [3.05, 3.63) is 157 Å². The quantitative estimate of drug-likeness (QED) is 0.186. The summed E-state index contributed by atoms with van der Waals surface area (Å²) in [4.78, 5) is 12.8. The molecule has 5 heteroatoms. The molecule has 3 heterocycles. The first kappa shape index (κ1) is 30.7. The SMILES string of the molecule is CC.C\C=C/C=C\C=C(/C)c1nc(-c2cccc(C3Nc4ccccc4N3c3ccccc3)c2)nc2c1ccc1c3ccccc3oc12. The van der Waals surface area contributed by atoms with E-state index in [1.165, 1.54) is 0 Å². The molecule has 2 aromatic heterocycles. The second-order valence-electron chi connectivity index (χ2n) is 11.5.